The number of carboxylic acid groups (broad SMARTS) is 1. The fourth-order valence-electron chi connectivity index (χ4n) is 3.78. The zero-order chi connectivity index (χ0) is 20.8. The largest absolute Gasteiger partial charge is 0.481 e. The fourth-order valence-corrected chi connectivity index (χ4v) is 6.35. The molecule has 0 aliphatic carbocycles. The molecule has 3 aromatic rings. The molecule has 152 valence electrons. The quantitative estimate of drug-likeness (QED) is 0.640. The molecule has 0 radical (unpaired) electrons. The molecule has 4 rings (SSSR count). The van der Waals surface area contributed by atoms with Gasteiger partial charge in [-0.3, -0.25) is 9.52 Å². The standard InChI is InChI=1S/C20H21N3O4S2/c1-12-20(28-13(2)21-12)29(26,27)22-17-7-8-18(16-6-4-3-5-15(16)17)23-10-9-14(11-23)19(24)25/h3-8,14,22H,9-11H2,1-2H3,(H,24,25)/t14-/m0/s1. The first-order chi connectivity index (χ1) is 13.8. The predicted octanol–water partition coefficient (Wildman–Crippen LogP) is 3.62. The van der Waals surface area contributed by atoms with Gasteiger partial charge in [0.1, 0.15) is 0 Å². The maximum Gasteiger partial charge on any atom is 0.308 e. The Morgan fingerprint density at radius 3 is 2.55 bits per heavy atom. The van der Waals surface area contributed by atoms with Gasteiger partial charge >= 0.3 is 5.97 Å². The van der Waals surface area contributed by atoms with E-state index in [1.54, 1.807) is 19.9 Å². The zero-order valence-corrected chi connectivity index (χ0v) is 17.7. The average molecular weight is 432 g/mol. The molecule has 7 nitrogen and oxygen atoms in total. The molecule has 1 aliphatic heterocycles. The Labute approximate surface area is 173 Å². The molecule has 1 saturated heterocycles. The summed E-state index contributed by atoms with van der Waals surface area (Å²) in [5, 5.41) is 11.6. The van der Waals surface area contributed by atoms with Gasteiger partial charge < -0.3 is 10.0 Å². The third kappa shape index (κ3) is 3.67. The van der Waals surface area contributed by atoms with Crippen LogP contribution in [-0.4, -0.2) is 37.6 Å². The van der Waals surface area contributed by atoms with Gasteiger partial charge in [0.2, 0.25) is 0 Å². The normalized spacial score (nSPS) is 17.0. The van der Waals surface area contributed by atoms with Crippen molar-refractivity contribution >= 4 is 49.5 Å². The van der Waals surface area contributed by atoms with Crippen molar-refractivity contribution in [3.8, 4) is 0 Å². The maximum atomic E-state index is 12.9. The number of thiazole rings is 1. The Kier molecular flexibility index (Phi) is 4.95. The Hall–Kier alpha value is -2.65. The predicted molar refractivity (Wildman–Crippen MR) is 114 cm³/mol. The van der Waals surface area contributed by atoms with E-state index in [1.807, 2.05) is 30.3 Å². The van der Waals surface area contributed by atoms with Crippen LogP contribution in [-0.2, 0) is 14.8 Å². The molecule has 1 aliphatic rings. The number of carbonyl (C=O) groups is 1. The molecular weight excluding hydrogens is 410 g/mol. The van der Waals surface area contributed by atoms with Crippen LogP contribution in [0.15, 0.2) is 40.6 Å². The molecule has 0 amide bonds. The number of benzene rings is 2. The van der Waals surface area contributed by atoms with Crippen LogP contribution in [0.2, 0.25) is 0 Å². The highest BCUT2D eigenvalue weighted by Crippen LogP contribution is 2.36. The Bertz CT molecular complexity index is 1200. The first-order valence-corrected chi connectivity index (χ1v) is 11.5. The number of hydrogen-bond acceptors (Lipinski definition) is 6. The summed E-state index contributed by atoms with van der Waals surface area (Å²) < 4.78 is 28.8. The minimum Gasteiger partial charge on any atom is -0.481 e. The van der Waals surface area contributed by atoms with Crippen LogP contribution in [0, 0.1) is 19.8 Å². The number of fused-ring (bicyclic) bond motifs is 1. The van der Waals surface area contributed by atoms with Gasteiger partial charge in [0.05, 0.1) is 22.3 Å². The first-order valence-electron chi connectivity index (χ1n) is 9.22. The van der Waals surface area contributed by atoms with Crippen LogP contribution in [0.25, 0.3) is 10.8 Å². The summed E-state index contributed by atoms with van der Waals surface area (Å²) in [4.78, 5) is 17.6. The molecule has 0 unspecified atom stereocenters. The van der Waals surface area contributed by atoms with E-state index in [1.165, 1.54) is 0 Å². The number of nitrogens with zero attached hydrogens (tertiary/aromatic N) is 2. The fraction of sp³-hybridized carbons (Fsp3) is 0.300. The van der Waals surface area contributed by atoms with Crippen molar-refractivity contribution in [3.05, 3.63) is 47.1 Å². The molecule has 1 fully saturated rings. The minimum atomic E-state index is -3.75. The molecule has 2 aromatic carbocycles. The van der Waals surface area contributed by atoms with E-state index in [-0.39, 0.29) is 10.1 Å². The van der Waals surface area contributed by atoms with Crippen LogP contribution >= 0.6 is 11.3 Å². The third-order valence-corrected chi connectivity index (χ3v) is 8.18. The molecule has 2 N–H and O–H groups in total. The van der Waals surface area contributed by atoms with Gasteiger partial charge in [-0.05, 0) is 32.4 Å². The summed E-state index contributed by atoms with van der Waals surface area (Å²) in [5.74, 6) is -1.17. The maximum absolute atomic E-state index is 12.9. The van der Waals surface area contributed by atoms with Crippen molar-refractivity contribution in [3.63, 3.8) is 0 Å². The minimum absolute atomic E-state index is 0.215. The number of aryl methyl sites for hydroxylation is 2. The molecule has 0 saturated carbocycles. The molecule has 0 spiro atoms. The van der Waals surface area contributed by atoms with Crippen molar-refractivity contribution in [1.29, 1.82) is 0 Å². The second kappa shape index (κ2) is 7.31. The van der Waals surface area contributed by atoms with E-state index in [0.717, 1.165) is 27.8 Å². The number of aliphatic carboxylic acids is 1. The number of nitrogens with one attached hydrogen (secondary N) is 1. The number of sulfonamides is 1. The van der Waals surface area contributed by atoms with Gasteiger partial charge in [0, 0.05) is 29.5 Å². The number of carboxylic acids is 1. The van der Waals surface area contributed by atoms with Crippen LogP contribution in [0.3, 0.4) is 0 Å². The summed E-state index contributed by atoms with van der Waals surface area (Å²) in [6, 6.07) is 11.1. The lowest BCUT2D eigenvalue weighted by molar-refractivity contribution is -0.140. The molecule has 29 heavy (non-hydrogen) atoms. The SMILES string of the molecule is Cc1nc(C)c(S(=O)(=O)Nc2ccc(N3CC[C@H](C(=O)O)C3)c3ccccc23)s1. The second-order valence-electron chi connectivity index (χ2n) is 7.16. The van der Waals surface area contributed by atoms with E-state index in [0.29, 0.717) is 35.9 Å². The lowest BCUT2D eigenvalue weighted by Crippen LogP contribution is -2.23. The topological polar surface area (TPSA) is 99.6 Å². The lowest BCUT2D eigenvalue weighted by atomic mass is 10.1. The summed E-state index contributed by atoms with van der Waals surface area (Å²) in [7, 11) is -3.75. The van der Waals surface area contributed by atoms with Crippen molar-refractivity contribution < 1.29 is 18.3 Å². The Balaban J connectivity index is 1.73. The molecule has 0 bridgehead atoms. The number of anilines is 2. The Morgan fingerprint density at radius 2 is 1.93 bits per heavy atom. The third-order valence-electron chi connectivity index (χ3n) is 5.13. The highest BCUT2D eigenvalue weighted by Gasteiger charge is 2.29. The van der Waals surface area contributed by atoms with E-state index >= 15 is 0 Å². The highest BCUT2D eigenvalue weighted by atomic mass is 32.2. The summed E-state index contributed by atoms with van der Waals surface area (Å²) in [6.45, 7) is 4.57. The number of aromatic nitrogens is 1. The van der Waals surface area contributed by atoms with Crippen LogP contribution in [0.5, 0.6) is 0 Å². The van der Waals surface area contributed by atoms with Crippen LogP contribution < -0.4 is 9.62 Å². The molecule has 1 aromatic heterocycles. The number of rotatable bonds is 5. The van der Waals surface area contributed by atoms with E-state index in [2.05, 4.69) is 14.6 Å². The molecular formula is C20H21N3O4S2. The molecule has 2 heterocycles. The highest BCUT2D eigenvalue weighted by molar-refractivity contribution is 7.94. The first kappa shape index (κ1) is 19.7. The van der Waals surface area contributed by atoms with Crippen molar-refractivity contribution in [2.45, 2.75) is 24.5 Å². The smallest absolute Gasteiger partial charge is 0.308 e. The van der Waals surface area contributed by atoms with Crippen molar-refractivity contribution in [2.75, 3.05) is 22.7 Å². The monoisotopic (exact) mass is 431 g/mol. The van der Waals surface area contributed by atoms with Crippen molar-refractivity contribution in [1.82, 2.24) is 4.98 Å². The van der Waals surface area contributed by atoms with Crippen LogP contribution in [0.1, 0.15) is 17.1 Å². The zero-order valence-electron chi connectivity index (χ0n) is 16.0. The van der Waals surface area contributed by atoms with E-state index in [4.69, 9.17) is 0 Å². The Morgan fingerprint density at radius 1 is 1.21 bits per heavy atom. The molecule has 1 atom stereocenters. The summed E-state index contributed by atoms with van der Waals surface area (Å²) in [6.07, 6.45) is 0.599. The lowest BCUT2D eigenvalue weighted by Gasteiger charge is -2.22. The van der Waals surface area contributed by atoms with Crippen LogP contribution in [0.4, 0.5) is 11.4 Å². The van der Waals surface area contributed by atoms with Gasteiger partial charge in [-0.2, -0.15) is 0 Å². The van der Waals surface area contributed by atoms with Gasteiger partial charge in [0.15, 0.2) is 4.21 Å². The van der Waals surface area contributed by atoms with Gasteiger partial charge in [-0.25, -0.2) is 13.4 Å². The number of hydrogen-bond donors (Lipinski definition) is 2. The van der Waals surface area contributed by atoms with Crippen molar-refractivity contribution in [2.24, 2.45) is 5.92 Å². The van der Waals surface area contributed by atoms with Gasteiger partial charge in [-0.1, -0.05) is 24.3 Å². The second-order valence-corrected chi connectivity index (χ2v) is 10.2. The summed E-state index contributed by atoms with van der Waals surface area (Å²) >= 11 is 1.15. The summed E-state index contributed by atoms with van der Waals surface area (Å²) in [5.41, 5.74) is 1.89. The van der Waals surface area contributed by atoms with Gasteiger partial charge in [0.25, 0.3) is 10.0 Å². The van der Waals surface area contributed by atoms with Gasteiger partial charge in [-0.15, -0.1) is 11.3 Å². The van der Waals surface area contributed by atoms with E-state index < -0.39 is 16.0 Å². The van der Waals surface area contributed by atoms with E-state index in [9.17, 15) is 18.3 Å². The average Bonchev–Trinajstić information content (AvgIpc) is 3.29. The molecule has 9 heteroatoms.